The van der Waals surface area contributed by atoms with Crippen molar-refractivity contribution in [1.29, 1.82) is 0 Å². The van der Waals surface area contributed by atoms with E-state index < -0.39 is 11.9 Å². The Morgan fingerprint density at radius 1 is 1.46 bits per heavy atom. The topological polar surface area (TPSA) is 57.6 Å². The van der Waals surface area contributed by atoms with Crippen LogP contribution in [0.1, 0.15) is 27.2 Å². The molecule has 0 heterocycles. The second-order valence-electron chi connectivity index (χ2n) is 3.20. The minimum Gasteiger partial charge on any atom is -0.481 e. The predicted octanol–water partition coefficient (Wildman–Crippen LogP) is 0.966. The van der Waals surface area contributed by atoms with E-state index in [9.17, 15) is 9.59 Å². The van der Waals surface area contributed by atoms with Crippen LogP contribution in [0.15, 0.2) is 0 Å². The lowest BCUT2D eigenvalue weighted by Gasteiger charge is -2.22. The Morgan fingerprint density at radius 3 is 2.31 bits per heavy atom. The van der Waals surface area contributed by atoms with Crippen molar-refractivity contribution in [2.75, 3.05) is 13.1 Å². The summed E-state index contributed by atoms with van der Waals surface area (Å²) in [5.41, 5.74) is 0. The number of carbonyl (C=O) groups excluding carboxylic acids is 1. The van der Waals surface area contributed by atoms with Crippen molar-refractivity contribution in [3.05, 3.63) is 0 Å². The van der Waals surface area contributed by atoms with Gasteiger partial charge in [-0.3, -0.25) is 9.59 Å². The standard InChI is InChI=1S/C9H17NO3/c1-4-5-10(8(3)11)6-7(2)9(12)13/h7H,4-6H2,1-3H3,(H,12,13). The molecule has 0 spiro atoms. The van der Waals surface area contributed by atoms with Crippen molar-refractivity contribution in [2.45, 2.75) is 27.2 Å². The molecular formula is C9H17NO3. The van der Waals surface area contributed by atoms with Crippen LogP contribution in [0.5, 0.6) is 0 Å². The monoisotopic (exact) mass is 187 g/mol. The number of nitrogens with zero attached hydrogens (tertiary/aromatic N) is 1. The van der Waals surface area contributed by atoms with Gasteiger partial charge in [0.2, 0.25) is 5.91 Å². The highest BCUT2D eigenvalue weighted by molar-refractivity contribution is 5.75. The Kier molecular flexibility index (Phi) is 5.11. The molecule has 4 heteroatoms. The van der Waals surface area contributed by atoms with E-state index in [1.807, 2.05) is 6.92 Å². The van der Waals surface area contributed by atoms with Crippen LogP contribution in [0.4, 0.5) is 0 Å². The molecule has 0 rings (SSSR count). The fraction of sp³-hybridized carbons (Fsp3) is 0.778. The van der Waals surface area contributed by atoms with Gasteiger partial charge in [0, 0.05) is 20.0 Å². The van der Waals surface area contributed by atoms with Gasteiger partial charge in [0.1, 0.15) is 0 Å². The molecule has 1 N–H and O–H groups in total. The van der Waals surface area contributed by atoms with Crippen LogP contribution in [0.2, 0.25) is 0 Å². The minimum atomic E-state index is -0.859. The molecule has 0 saturated carbocycles. The largest absolute Gasteiger partial charge is 0.481 e. The lowest BCUT2D eigenvalue weighted by molar-refractivity contribution is -0.142. The average Bonchev–Trinajstić information content (AvgIpc) is 2.03. The van der Waals surface area contributed by atoms with Gasteiger partial charge in [-0.25, -0.2) is 0 Å². The number of hydrogen-bond donors (Lipinski definition) is 1. The van der Waals surface area contributed by atoms with E-state index in [-0.39, 0.29) is 5.91 Å². The summed E-state index contributed by atoms with van der Waals surface area (Å²) in [5.74, 6) is -1.41. The zero-order chi connectivity index (χ0) is 10.4. The van der Waals surface area contributed by atoms with Gasteiger partial charge in [0.25, 0.3) is 0 Å². The van der Waals surface area contributed by atoms with Crippen LogP contribution in [0, 0.1) is 5.92 Å². The molecule has 0 radical (unpaired) electrons. The zero-order valence-electron chi connectivity index (χ0n) is 8.41. The van der Waals surface area contributed by atoms with Crippen molar-refractivity contribution >= 4 is 11.9 Å². The fourth-order valence-electron chi connectivity index (χ4n) is 1.06. The highest BCUT2D eigenvalue weighted by atomic mass is 16.4. The maximum absolute atomic E-state index is 11.0. The normalized spacial score (nSPS) is 12.2. The summed E-state index contributed by atoms with van der Waals surface area (Å²) in [7, 11) is 0. The summed E-state index contributed by atoms with van der Waals surface area (Å²) in [6.07, 6.45) is 0.853. The maximum atomic E-state index is 11.0. The molecule has 0 aliphatic heterocycles. The second kappa shape index (κ2) is 5.56. The molecule has 13 heavy (non-hydrogen) atoms. The number of amides is 1. The van der Waals surface area contributed by atoms with E-state index >= 15 is 0 Å². The number of aliphatic carboxylic acids is 1. The highest BCUT2D eigenvalue weighted by Gasteiger charge is 2.16. The molecule has 0 saturated heterocycles. The van der Waals surface area contributed by atoms with Gasteiger partial charge in [-0.2, -0.15) is 0 Å². The zero-order valence-corrected chi connectivity index (χ0v) is 8.41. The van der Waals surface area contributed by atoms with Gasteiger partial charge in [0.15, 0.2) is 0 Å². The van der Waals surface area contributed by atoms with Gasteiger partial charge in [-0.1, -0.05) is 13.8 Å². The second-order valence-corrected chi connectivity index (χ2v) is 3.20. The molecule has 0 aliphatic carbocycles. The summed E-state index contributed by atoms with van der Waals surface area (Å²) < 4.78 is 0. The summed E-state index contributed by atoms with van der Waals surface area (Å²) >= 11 is 0. The first kappa shape index (κ1) is 11.9. The summed E-state index contributed by atoms with van der Waals surface area (Å²) in [5, 5.41) is 8.64. The summed E-state index contributed by atoms with van der Waals surface area (Å²) in [4.78, 5) is 23.1. The Morgan fingerprint density at radius 2 is 2.00 bits per heavy atom. The van der Waals surface area contributed by atoms with Gasteiger partial charge < -0.3 is 10.0 Å². The number of rotatable bonds is 5. The number of hydrogen-bond acceptors (Lipinski definition) is 2. The molecule has 1 atom stereocenters. The lowest BCUT2D eigenvalue weighted by Crippen LogP contribution is -2.35. The Labute approximate surface area is 78.5 Å². The van der Waals surface area contributed by atoms with E-state index in [0.29, 0.717) is 13.1 Å². The number of carboxylic acids is 1. The Hall–Kier alpha value is -1.06. The van der Waals surface area contributed by atoms with Crippen LogP contribution >= 0.6 is 0 Å². The summed E-state index contributed by atoms with van der Waals surface area (Å²) in [6.45, 7) is 5.96. The first-order valence-corrected chi connectivity index (χ1v) is 4.47. The van der Waals surface area contributed by atoms with Crippen molar-refractivity contribution in [1.82, 2.24) is 4.90 Å². The molecule has 4 nitrogen and oxygen atoms in total. The summed E-state index contributed by atoms with van der Waals surface area (Å²) in [6, 6.07) is 0. The lowest BCUT2D eigenvalue weighted by atomic mass is 10.1. The molecule has 1 unspecified atom stereocenters. The molecule has 0 aromatic rings. The van der Waals surface area contributed by atoms with Crippen molar-refractivity contribution in [3.8, 4) is 0 Å². The Balaban J connectivity index is 4.09. The quantitative estimate of drug-likeness (QED) is 0.697. The van der Waals surface area contributed by atoms with Gasteiger partial charge in [-0.15, -0.1) is 0 Å². The molecule has 0 fully saturated rings. The minimum absolute atomic E-state index is 0.0602. The van der Waals surface area contributed by atoms with Crippen LogP contribution in [0.3, 0.4) is 0 Å². The van der Waals surface area contributed by atoms with Crippen LogP contribution in [-0.4, -0.2) is 35.0 Å². The van der Waals surface area contributed by atoms with E-state index in [1.165, 1.54) is 6.92 Å². The van der Waals surface area contributed by atoms with Crippen LogP contribution in [0.25, 0.3) is 0 Å². The third-order valence-electron chi connectivity index (χ3n) is 1.85. The third kappa shape index (κ3) is 4.50. The molecule has 1 amide bonds. The van der Waals surface area contributed by atoms with E-state index in [4.69, 9.17) is 5.11 Å². The SMILES string of the molecule is CCCN(CC(C)C(=O)O)C(C)=O. The van der Waals surface area contributed by atoms with E-state index in [2.05, 4.69) is 0 Å². The molecule has 0 aromatic carbocycles. The van der Waals surface area contributed by atoms with Crippen molar-refractivity contribution in [3.63, 3.8) is 0 Å². The highest BCUT2D eigenvalue weighted by Crippen LogP contribution is 2.01. The predicted molar refractivity (Wildman–Crippen MR) is 49.3 cm³/mol. The van der Waals surface area contributed by atoms with Crippen LogP contribution < -0.4 is 0 Å². The molecular weight excluding hydrogens is 170 g/mol. The van der Waals surface area contributed by atoms with Crippen molar-refractivity contribution < 1.29 is 14.7 Å². The average molecular weight is 187 g/mol. The fourth-order valence-corrected chi connectivity index (χ4v) is 1.06. The molecule has 0 bridgehead atoms. The van der Waals surface area contributed by atoms with E-state index in [1.54, 1.807) is 11.8 Å². The van der Waals surface area contributed by atoms with E-state index in [0.717, 1.165) is 6.42 Å². The van der Waals surface area contributed by atoms with Crippen LogP contribution in [-0.2, 0) is 9.59 Å². The number of carboxylic acid groups (broad SMARTS) is 1. The molecule has 0 aromatic heterocycles. The smallest absolute Gasteiger partial charge is 0.308 e. The maximum Gasteiger partial charge on any atom is 0.308 e. The van der Waals surface area contributed by atoms with Gasteiger partial charge >= 0.3 is 5.97 Å². The third-order valence-corrected chi connectivity index (χ3v) is 1.85. The Bertz CT molecular complexity index is 191. The van der Waals surface area contributed by atoms with Gasteiger partial charge in [0.05, 0.1) is 5.92 Å². The molecule has 76 valence electrons. The first-order chi connectivity index (χ1) is 5.99. The first-order valence-electron chi connectivity index (χ1n) is 4.47. The molecule has 0 aliphatic rings. The van der Waals surface area contributed by atoms with Crippen molar-refractivity contribution in [2.24, 2.45) is 5.92 Å². The number of carbonyl (C=O) groups is 2. The van der Waals surface area contributed by atoms with Gasteiger partial charge in [-0.05, 0) is 6.42 Å².